The SMILES string of the molecule is CCC(C)(C)O[C@@H]1C(C(=O)OCc2ccccc2)OC(C(C)(C)OCCC(C)(C)O[C@@H]2C(C(=O)OCC3C(C=C(C)C)C3(C)C)OC(C(C)(C)OC)C(O)[C@H]2O)C(O)[C@H]1O. The van der Waals surface area contributed by atoms with E-state index >= 15 is 0 Å². The molecule has 4 rings (SSSR count). The Bertz CT molecular complexity index is 1600. The van der Waals surface area contributed by atoms with E-state index in [2.05, 4.69) is 19.9 Å². The number of hydrogen-bond acceptors (Lipinski definition) is 14. The van der Waals surface area contributed by atoms with Gasteiger partial charge in [-0.15, -0.1) is 0 Å². The molecule has 0 radical (unpaired) electrons. The number of esters is 2. The molecule has 14 heteroatoms. The first kappa shape index (κ1) is 50.1. The van der Waals surface area contributed by atoms with E-state index in [-0.39, 0.29) is 43.5 Å². The van der Waals surface area contributed by atoms with Crippen LogP contribution in [0.1, 0.15) is 108 Å². The molecule has 1 aromatic rings. The largest absolute Gasteiger partial charge is 0.463 e. The van der Waals surface area contributed by atoms with Crippen molar-refractivity contribution < 1.29 is 67.9 Å². The van der Waals surface area contributed by atoms with Crippen LogP contribution in [0.4, 0.5) is 0 Å². The minimum Gasteiger partial charge on any atom is -0.463 e. The summed E-state index contributed by atoms with van der Waals surface area (Å²) < 4.78 is 48.6. The Morgan fingerprint density at radius 2 is 1.25 bits per heavy atom. The van der Waals surface area contributed by atoms with Gasteiger partial charge in [0.2, 0.25) is 0 Å². The van der Waals surface area contributed by atoms with Crippen molar-refractivity contribution in [1.29, 1.82) is 0 Å². The van der Waals surface area contributed by atoms with Crippen molar-refractivity contribution in [3.05, 3.63) is 47.5 Å². The Hall–Kier alpha value is -2.50. The van der Waals surface area contributed by atoms with E-state index in [0.717, 1.165) is 5.56 Å². The zero-order valence-corrected chi connectivity index (χ0v) is 38.3. The van der Waals surface area contributed by atoms with Crippen LogP contribution in [0.25, 0.3) is 0 Å². The molecule has 8 unspecified atom stereocenters. The van der Waals surface area contributed by atoms with Crippen molar-refractivity contribution in [2.45, 2.75) is 193 Å². The highest BCUT2D eigenvalue weighted by Crippen LogP contribution is 2.59. The van der Waals surface area contributed by atoms with Gasteiger partial charge >= 0.3 is 11.9 Å². The summed E-state index contributed by atoms with van der Waals surface area (Å²) in [6, 6.07) is 9.15. The molecule has 2 saturated heterocycles. The van der Waals surface area contributed by atoms with Crippen LogP contribution in [0.15, 0.2) is 42.0 Å². The lowest BCUT2D eigenvalue weighted by atomic mass is 9.86. The number of methoxy groups -OCH3 is 1. The minimum absolute atomic E-state index is 0.0117. The van der Waals surface area contributed by atoms with Gasteiger partial charge in [0.1, 0.15) is 55.4 Å². The summed E-state index contributed by atoms with van der Waals surface area (Å²) in [5.74, 6) is -1.14. The van der Waals surface area contributed by atoms with Gasteiger partial charge in [-0.25, -0.2) is 9.59 Å². The number of aliphatic hydroxyl groups is 4. The molecule has 1 saturated carbocycles. The molecule has 1 aromatic carbocycles. The van der Waals surface area contributed by atoms with Gasteiger partial charge in [0, 0.05) is 13.0 Å². The van der Waals surface area contributed by atoms with Gasteiger partial charge in [-0.1, -0.05) is 62.8 Å². The third-order valence-corrected chi connectivity index (χ3v) is 12.8. The fourth-order valence-electron chi connectivity index (χ4n) is 8.03. The predicted molar refractivity (Wildman–Crippen MR) is 223 cm³/mol. The summed E-state index contributed by atoms with van der Waals surface area (Å²) in [6.45, 7) is 24.2. The zero-order valence-electron chi connectivity index (χ0n) is 38.3. The van der Waals surface area contributed by atoms with Gasteiger partial charge in [-0.05, 0) is 99.0 Å². The van der Waals surface area contributed by atoms with E-state index in [4.69, 9.17) is 37.9 Å². The molecular weight excluding hydrogens is 776 g/mol. The van der Waals surface area contributed by atoms with Gasteiger partial charge in [0.25, 0.3) is 0 Å². The molecule has 2 aliphatic heterocycles. The molecule has 2 heterocycles. The van der Waals surface area contributed by atoms with E-state index < -0.39 is 95.4 Å². The van der Waals surface area contributed by atoms with Crippen LogP contribution in [-0.2, 0) is 54.1 Å². The summed E-state index contributed by atoms with van der Waals surface area (Å²) in [5.41, 5.74) is -2.32. The summed E-state index contributed by atoms with van der Waals surface area (Å²) in [7, 11) is 1.46. The van der Waals surface area contributed by atoms with Gasteiger partial charge < -0.3 is 58.3 Å². The van der Waals surface area contributed by atoms with Crippen molar-refractivity contribution in [2.75, 3.05) is 20.3 Å². The van der Waals surface area contributed by atoms with Crippen LogP contribution in [0, 0.1) is 17.3 Å². The monoisotopic (exact) mass is 851 g/mol. The van der Waals surface area contributed by atoms with Crippen molar-refractivity contribution in [2.24, 2.45) is 17.3 Å². The number of ether oxygens (including phenoxy) is 8. The Labute approximate surface area is 357 Å². The first-order valence-corrected chi connectivity index (χ1v) is 21.3. The molecule has 1 aliphatic carbocycles. The van der Waals surface area contributed by atoms with Crippen molar-refractivity contribution in [3.63, 3.8) is 0 Å². The second kappa shape index (κ2) is 19.5. The lowest BCUT2D eigenvalue weighted by Crippen LogP contribution is -2.67. The number of carbonyl (C=O) groups excluding carboxylic acids is 2. The van der Waals surface area contributed by atoms with Crippen molar-refractivity contribution >= 4 is 11.9 Å². The standard InChI is InChI=1S/C46H74O14/c1-15-42(4,5)59-34-31(48)33(50)39(58-36(34)40(51)54-24-27-19-17-16-18-20-27)46(12,13)56-22-21-43(6,7)60-35-30(47)32(49)38(45(10,11)53-14)57-37(35)41(52)55-25-29-28(23-26(2)3)44(29,8)9/h16-20,23,28-39,47-50H,15,21-22,24-25H2,1-14H3/t28?,29?,30-,31-,32?,33?,34+,35+,36?,37?,38?,39?/m1/s1. The van der Waals surface area contributed by atoms with E-state index in [9.17, 15) is 30.0 Å². The summed E-state index contributed by atoms with van der Waals surface area (Å²) in [6.07, 6.45) is -10.8. The normalized spacial score (nSPS) is 32.2. The number of hydrogen-bond donors (Lipinski definition) is 4. The van der Waals surface area contributed by atoms with Gasteiger partial charge in [0.15, 0.2) is 12.2 Å². The van der Waals surface area contributed by atoms with Crippen LogP contribution in [0.5, 0.6) is 0 Å². The third-order valence-electron chi connectivity index (χ3n) is 12.8. The van der Waals surface area contributed by atoms with Crippen LogP contribution in [0.3, 0.4) is 0 Å². The molecular formula is C46H74O14. The van der Waals surface area contributed by atoms with Gasteiger partial charge in [0.05, 0.1) is 35.6 Å². The average molecular weight is 851 g/mol. The van der Waals surface area contributed by atoms with E-state index in [1.54, 1.807) is 41.5 Å². The fourth-order valence-corrected chi connectivity index (χ4v) is 8.03. The number of benzene rings is 1. The topological polar surface area (TPSA) is 189 Å². The Kier molecular flexibility index (Phi) is 16.3. The summed E-state index contributed by atoms with van der Waals surface area (Å²) >= 11 is 0. The molecule has 0 bridgehead atoms. The lowest BCUT2D eigenvalue weighted by molar-refractivity contribution is -0.292. The van der Waals surface area contributed by atoms with Crippen LogP contribution >= 0.6 is 0 Å². The minimum atomic E-state index is -1.55. The number of carbonyl (C=O) groups is 2. The second-order valence-corrected chi connectivity index (χ2v) is 19.9. The highest BCUT2D eigenvalue weighted by Gasteiger charge is 2.59. The van der Waals surface area contributed by atoms with E-state index in [0.29, 0.717) is 6.42 Å². The molecule has 0 spiro atoms. The smallest absolute Gasteiger partial charge is 0.338 e. The quantitative estimate of drug-likeness (QED) is 0.109. The fraction of sp³-hybridized carbons (Fsp3) is 0.783. The molecule has 3 aliphatic rings. The third kappa shape index (κ3) is 11.9. The van der Waals surface area contributed by atoms with Crippen LogP contribution in [-0.4, -0.2) is 136 Å². The van der Waals surface area contributed by atoms with E-state index in [1.807, 2.05) is 65.0 Å². The van der Waals surface area contributed by atoms with Gasteiger partial charge in [-0.3, -0.25) is 0 Å². The maximum atomic E-state index is 13.9. The summed E-state index contributed by atoms with van der Waals surface area (Å²) in [4.78, 5) is 27.5. The maximum absolute atomic E-state index is 13.9. The predicted octanol–water partition coefficient (Wildman–Crippen LogP) is 4.84. The van der Waals surface area contributed by atoms with Crippen molar-refractivity contribution in [1.82, 2.24) is 0 Å². The Balaban J connectivity index is 1.47. The molecule has 60 heavy (non-hydrogen) atoms. The number of aliphatic hydroxyl groups excluding tert-OH is 4. The van der Waals surface area contributed by atoms with E-state index in [1.165, 1.54) is 12.7 Å². The van der Waals surface area contributed by atoms with Crippen molar-refractivity contribution in [3.8, 4) is 0 Å². The Morgan fingerprint density at radius 3 is 1.75 bits per heavy atom. The molecule has 0 aromatic heterocycles. The van der Waals surface area contributed by atoms with Gasteiger partial charge in [-0.2, -0.15) is 0 Å². The molecule has 12 atom stereocenters. The molecule has 0 amide bonds. The maximum Gasteiger partial charge on any atom is 0.338 e. The first-order chi connectivity index (χ1) is 27.7. The molecule has 3 fully saturated rings. The zero-order chi connectivity index (χ0) is 45.2. The lowest BCUT2D eigenvalue weighted by Gasteiger charge is -2.49. The van der Waals surface area contributed by atoms with Crippen LogP contribution in [0.2, 0.25) is 0 Å². The highest BCUT2D eigenvalue weighted by molar-refractivity contribution is 5.76. The molecule has 14 nitrogen and oxygen atoms in total. The second-order valence-electron chi connectivity index (χ2n) is 19.9. The molecule has 342 valence electrons. The summed E-state index contributed by atoms with van der Waals surface area (Å²) in [5, 5.41) is 45.8. The number of rotatable bonds is 19. The van der Waals surface area contributed by atoms with Crippen LogP contribution < -0.4 is 0 Å². The highest BCUT2D eigenvalue weighted by atomic mass is 16.6. The first-order valence-electron chi connectivity index (χ1n) is 21.3. The average Bonchev–Trinajstić information content (AvgIpc) is 3.68. The Morgan fingerprint density at radius 1 is 0.750 bits per heavy atom. The number of allylic oxidation sites excluding steroid dienone is 2. The molecule has 4 N–H and O–H groups in total.